The van der Waals surface area contributed by atoms with Crippen LogP contribution in [0.4, 0.5) is 9.18 Å². The van der Waals surface area contributed by atoms with Crippen molar-refractivity contribution in [1.82, 2.24) is 15.6 Å². The molecule has 0 unspecified atom stereocenters. The van der Waals surface area contributed by atoms with Crippen molar-refractivity contribution in [1.29, 1.82) is 0 Å². The molecule has 0 aliphatic rings. The third-order valence-electron chi connectivity index (χ3n) is 3.21. The minimum Gasteiger partial charge on any atom is -0.387 e. The van der Waals surface area contributed by atoms with E-state index in [1.54, 1.807) is 12.4 Å². The van der Waals surface area contributed by atoms with Crippen molar-refractivity contribution in [2.45, 2.75) is 12.5 Å². The Balaban J connectivity index is 1.72. The summed E-state index contributed by atoms with van der Waals surface area (Å²) in [6.07, 6.45) is 3.07. The summed E-state index contributed by atoms with van der Waals surface area (Å²) in [7, 11) is 0. The first-order chi connectivity index (χ1) is 11.1. The van der Waals surface area contributed by atoms with Gasteiger partial charge in [0, 0.05) is 25.5 Å². The van der Waals surface area contributed by atoms with Crippen LogP contribution in [0.15, 0.2) is 42.7 Å². The van der Waals surface area contributed by atoms with Gasteiger partial charge in [-0.2, -0.15) is 0 Å². The Kier molecular flexibility index (Phi) is 6.31. The highest BCUT2D eigenvalue weighted by Crippen LogP contribution is 2.19. The van der Waals surface area contributed by atoms with E-state index in [9.17, 15) is 14.3 Å². The second-order valence-electron chi connectivity index (χ2n) is 4.94. The fourth-order valence-corrected chi connectivity index (χ4v) is 2.07. The third kappa shape index (κ3) is 5.50. The van der Waals surface area contributed by atoms with Gasteiger partial charge in [-0.3, -0.25) is 4.98 Å². The lowest BCUT2D eigenvalue weighted by atomic mass is 10.1. The van der Waals surface area contributed by atoms with Crippen molar-refractivity contribution in [3.8, 4) is 0 Å². The summed E-state index contributed by atoms with van der Waals surface area (Å²) in [6.45, 7) is 0.420. The maximum atomic E-state index is 13.3. The van der Waals surface area contributed by atoms with Gasteiger partial charge in [-0.1, -0.05) is 23.7 Å². The van der Waals surface area contributed by atoms with Crippen LogP contribution < -0.4 is 10.6 Å². The van der Waals surface area contributed by atoms with E-state index in [1.807, 2.05) is 12.1 Å². The zero-order valence-electron chi connectivity index (χ0n) is 12.3. The fourth-order valence-electron chi connectivity index (χ4n) is 1.96. The quantitative estimate of drug-likeness (QED) is 0.758. The molecule has 0 bridgehead atoms. The van der Waals surface area contributed by atoms with Crippen LogP contribution in [-0.4, -0.2) is 29.2 Å². The largest absolute Gasteiger partial charge is 0.387 e. The first-order valence-electron chi connectivity index (χ1n) is 7.10. The first kappa shape index (κ1) is 17.2. The SMILES string of the molecule is O=C(NCCc1cccnc1)NC[C@@H](O)c1ccc(Cl)c(F)c1. The Labute approximate surface area is 138 Å². The van der Waals surface area contributed by atoms with Crippen molar-refractivity contribution in [2.75, 3.05) is 13.1 Å². The lowest BCUT2D eigenvalue weighted by Gasteiger charge is -2.13. The molecule has 0 saturated heterocycles. The predicted octanol–water partition coefficient (Wildman–Crippen LogP) is 2.45. The molecular formula is C16H17ClFN3O2. The highest BCUT2D eigenvalue weighted by atomic mass is 35.5. The highest BCUT2D eigenvalue weighted by Gasteiger charge is 2.11. The molecule has 0 aliphatic heterocycles. The van der Waals surface area contributed by atoms with Gasteiger partial charge in [0.05, 0.1) is 11.1 Å². The standard InChI is InChI=1S/C16H17ClFN3O2/c17-13-4-3-12(8-14(13)18)15(22)10-21-16(23)20-7-5-11-2-1-6-19-9-11/h1-4,6,8-9,15,22H,5,7,10H2,(H2,20,21,23)/t15-/m1/s1. The van der Waals surface area contributed by atoms with E-state index < -0.39 is 18.0 Å². The van der Waals surface area contributed by atoms with Gasteiger partial charge in [0.1, 0.15) is 5.82 Å². The molecule has 0 saturated carbocycles. The molecule has 23 heavy (non-hydrogen) atoms. The maximum Gasteiger partial charge on any atom is 0.314 e. The first-order valence-corrected chi connectivity index (χ1v) is 7.47. The molecule has 0 aliphatic carbocycles. The van der Waals surface area contributed by atoms with E-state index in [0.29, 0.717) is 18.5 Å². The molecule has 1 heterocycles. The van der Waals surface area contributed by atoms with Crippen LogP contribution in [0.25, 0.3) is 0 Å². The average molecular weight is 338 g/mol. The van der Waals surface area contributed by atoms with Crippen molar-refractivity contribution >= 4 is 17.6 Å². The number of carbonyl (C=O) groups excluding carboxylic acids is 1. The lowest BCUT2D eigenvalue weighted by molar-refractivity contribution is 0.173. The second-order valence-corrected chi connectivity index (χ2v) is 5.34. The number of rotatable bonds is 6. The zero-order valence-corrected chi connectivity index (χ0v) is 13.1. The van der Waals surface area contributed by atoms with Crippen molar-refractivity contribution in [2.24, 2.45) is 0 Å². The number of carbonyl (C=O) groups is 1. The molecule has 0 spiro atoms. The van der Waals surface area contributed by atoms with Crippen LogP contribution in [0.3, 0.4) is 0 Å². The van der Waals surface area contributed by atoms with Crippen LogP contribution in [0.2, 0.25) is 5.02 Å². The number of hydrogen-bond donors (Lipinski definition) is 3. The molecule has 2 aromatic rings. The summed E-state index contributed by atoms with van der Waals surface area (Å²) in [5, 5.41) is 15.1. The van der Waals surface area contributed by atoms with E-state index in [0.717, 1.165) is 11.6 Å². The minimum absolute atomic E-state index is 0.0120. The number of nitrogens with one attached hydrogen (secondary N) is 2. The van der Waals surface area contributed by atoms with Gasteiger partial charge in [0.2, 0.25) is 0 Å². The number of halogens is 2. The number of amides is 2. The summed E-state index contributed by atoms with van der Waals surface area (Å²) >= 11 is 5.58. The molecule has 0 fully saturated rings. The van der Waals surface area contributed by atoms with Crippen molar-refractivity contribution in [3.05, 3.63) is 64.7 Å². The highest BCUT2D eigenvalue weighted by molar-refractivity contribution is 6.30. The maximum absolute atomic E-state index is 13.3. The summed E-state index contributed by atoms with van der Waals surface area (Å²) in [5.41, 5.74) is 1.37. The average Bonchev–Trinajstić information content (AvgIpc) is 2.56. The molecule has 3 N–H and O–H groups in total. The van der Waals surface area contributed by atoms with E-state index in [4.69, 9.17) is 11.6 Å². The molecule has 1 aromatic carbocycles. The van der Waals surface area contributed by atoms with Crippen molar-refractivity contribution < 1.29 is 14.3 Å². The number of benzene rings is 1. The third-order valence-corrected chi connectivity index (χ3v) is 3.51. The van der Waals surface area contributed by atoms with E-state index in [2.05, 4.69) is 15.6 Å². The van der Waals surface area contributed by atoms with Crippen LogP contribution in [-0.2, 0) is 6.42 Å². The predicted molar refractivity (Wildman–Crippen MR) is 85.7 cm³/mol. The second kappa shape index (κ2) is 8.45. The Morgan fingerprint density at radius 3 is 2.87 bits per heavy atom. The fraction of sp³-hybridized carbons (Fsp3) is 0.250. The Hall–Kier alpha value is -2.18. The lowest BCUT2D eigenvalue weighted by Crippen LogP contribution is -2.38. The molecule has 1 aromatic heterocycles. The van der Waals surface area contributed by atoms with Gasteiger partial charge in [0.15, 0.2) is 0 Å². The van der Waals surface area contributed by atoms with Crippen LogP contribution in [0.1, 0.15) is 17.2 Å². The van der Waals surface area contributed by atoms with Gasteiger partial charge in [-0.25, -0.2) is 9.18 Å². The number of aliphatic hydroxyl groups is 1. The molecule has 5 nitrogen and oxygen atoms in total. The number of urea groups is 1. The molecule has 0 radical (unpaired) electrons. The summed E-state index contributed by atoms with van der Waals surface area (Å²) in [4.78, 5) is 15.6. The van der Waals surface area contributed by atoms with E-state index in [1.165, 1.54) is 12.1 Å². The van der Waals surface area contributed by atoms with Gasteiger partial charge >= 0.3 is 6.03 Å². The van der Waals surface area contributed by atoms with Gasteiger partial charge < -0.3 is 15.7 Å². The normalized spacial score (nSPS) is 11.8. The smallest absolute Gasteiger partial charge is 0.314 e. The molecule has 7 heteroatoms. The van der Waals surface area contributed by atoms with E-state index in [-0.39, 0.29) is 11.6 Å². The van der Waals surface area contributed by atoms with Gasteiger partial charge in [-0.05, 0) is 35.7 Å². The monoisotopic (exact) mass is 337 g/mol. The zero-order chi connectivity index (χ0) is 16.7. The van der Waals surface area contributed by atoms with E-state index >= 15 is 0 Å². The molecule has 122 valence electrons. The van der Waals surface area contributed by atoms with Crippen molar-refractivity contribution in [3.63, 3.8) is 0 Å². The van der Waals surface area contributed by atoms with Crippen LogP contribution in [0.5, 0.6) is 0 Å². The van der Waals surface area contributed by atoms with Gasteiger partial charge in [-0.15, -0.1) is 0 Å². The molecule has 2 amide bonds. The summed E-state index contributed by atoms with van der Waals surface area (Å²) in [6, 6.07) is 7.38. The molecule has 1 atom stereocenters. The number of hydrogen-bond acceptors (Lipinski definition) is 3. The minimum atomic E-state index is -1.01. The number of pyridine rings is 1. The van der Waals surface area contributed by atoms with Gasteiger partial charge in [0.25, 0.3) is 0 Å². The summed E-state index contributed by atoms with van der Waals surface area (Å²) < 4.78 is 13.3. The number of aliphatic hydroxyl groups excluding tert-OH is 1. The topological polar surface area (TPSA) is 74.2 Å². The van der Waals surface area contributed by atoms with Crippen LogP contribution in [0, 0.1) is 5.82 Å². The molecular weight excluding hydrogens is 321 g/mol. The Morgan fingerprint density at radius 2 is 2.17 bits per heavy atom. The Bertz CT molecular complexity index is 655. The number of nitrogens with zero attached hydrogens (tertiary/aromatic N) is 1. The Morgan fingerprint density at radius 1 is 1.35 bits per heavy atom. The number of aromatic nitrogens is 1. The van der Waals surface area contributed by atoms with Crippen LogP contribution >= 0.6 is 11.6 Å². The summed E-state index contributed by atoms with van der Waals surface area (Å²) in [5.74, 6) is -0.607. The molecule has 2 rings (SSSR count).